The van der Waals surface area contributed by atoms with Gasteiger partial charge in [0, 0.05) is 0 Å². The number of nitrogens with zero attached hydrogens (tertiary/aromatic N) is 1. The van der Waals surface area contributed by atoms with Gasteiger partial charge in [-0.2, -0.15) is 0 Å². The molecule has 0 aliphatic carbocycles. The molecule has 0 unspecified atom stereocenters. The number of alkyl halides is 6. The van der Waals surface area contributed by atoms with Crippen LogP contribution in [0.15, 0.2) is 62.7 Å². The van der Waals surface area contributed by atoms with Gasteiger partial charge in [0.1, 0.15) is 27.8 Å². The molecule has 0 atom stereocenters. The summed E-state index contributed by atoms with van der Waals surface area (Å²) in [5, 5.41) is 0. The van der Waals surface area contributed by atoms with E-state index in [9.17, 15) is 35.3 Å². The van der Waals surface area contributed by atoms with E-state index in [0.29, 0.717) is 0 Å². The minimum absolute atomic E-state index is 0.00861. The lowest BCUT2D eigenvalue weighted by atomic mass is 10.2. The fraction of sp³-hybridized carbons (Fsp3) is 0.350. The Hall–Kier alpha value is -2.96. The second-order valence-electron chi connectivity index (χ2n) is 6.94. The molecule has 0 heterocycles. The van der Waals surface area contributed by atoms with Crippen LogP contribution >= 0.6 is 0 Å². The highest BCUT2D eigenvalue weighted by Gasteiger charge is 2.33. The molecule has 0 N–H and O–H groups in total. The topological polar surface area (TPSA) is 74.2 Å². The van der Waals surface area contributed by atoms with Crippen LogP contribution in [-0.4, -0.2) is 36.1 Å². The smallest absolute Gasteiger partial charge is 0.464 e. The molecule has 0 bridgehead atoms. The molecule has 0 fully saturated rings. The highest BCUT2D eigenvalue weighted by atomic mass is 32.2. The van der Waals surface area contributed by atoms with E-state index in [0.717, 1.165) is 48.5 Å². The Morgan fingerprint density at radius 1 is 0.909 bits per heavy atom. The molecule has 0 spiro atoms. The minimum Gasteiger partial charge on any atom is -0.464 e. The van der Waals surface area contributed by atoms with Gasteiger partial charge < -0.3 is 14.2 Å². The summed E-state index contributed by atoms with van der Waals surface area (Å²) in [5.41, 5.74) is 0. The van der Waals surface area contributed by atoms with Crippen molar-refractivity contribution in [3.8, 4) is 11.5 Å². The van der Waals surface area contributed by atoms with Crippen LogP contribution in [0.2, 0.25) is 0 Å². The van der Waals surface area contributed by atoms with E-state index < -0.39 is 46.5 Å². The Bertz CT molecular complexity index is 1030. The highest BCUT2D eigenvalue weighted by Crippen LogP contribution is 2.32. The maximum Gasteiger partial charge on any atom is 0.573 e. The van der Waals surface area contributed by atoms with Gasteiger partial charge in [-0.05, 0) is 42.3 Å². The molecule has 6 nitrogen and oxygen atoms in total. The number of carbonyl (C=O) groups is 1. The molecule has 2 rings (SSSR count). The quantitative estimate of drug-likeness (QED) is 0.351. The first kappa shape index (κ1) is 26.3. The maximum absolute atomic E-state index is 13.8. The number of halogens is 6. The summed E-state index contributed by atoms with van der Waals surface area (Å²) >= 11 is 0. The van der Waals surface area contributed by atoms with E-state index in [1.807, 2.05) is 0 Å². The molecule has 2 aromatic carbocycles. The molecule has 0 aliphatic rings. The Labute approximate surface area is 185 Å². The molecular formula is C20H19F6NO5S. The third kappa shape index (κ3) is 8.48. The molecule has 0 saturated heterocycles. The number of carbonyl (C=O) groups excluding carboxylic acids is 1. The van der Waals surface area contributed by atoms with Crippen LogP contribution < -0.4 is 9.47 Å². The van der Waals surface area contributed by atoms with Crippen molar-refractivity contribution in [1.29, 1.82) is 0 Å². The zero-order chi connectivity index (χ0) is 24.9. The van der Waals surface area contributed by atoms with Crippen molar-refractivity contribution in [2.45, 2.75) is 36.4 Å². The molecule has 2 aromatic rings. The van der Waals surface area contributed by atoms with Gasteiger partial charge in [-0.15, -0.1) is 26.3 Å². The fourth-order valence-corrected chi connectivity index (χ4v) is 4.36. The summed E-state index contributed by atoms with van der Waals surface area (Å²) in [6, 6.07) is 7.91. The average molecular weight is 499 g/mol. The Balaban J connectivity index is 2.55. The van der Waals surface area contributed by atoms with Crippen LogP contribution in [0.4, 0.5) is 26.3 Å². The highest BCUT2D eigenvalue weighted by molar-refractivity contribution is 7.93. The molecule has 0 amide bonds. The molecule has 0 radical (unpaired) electrons. The largest absolute Gasteiger partial charge is 0.573 e. The summed E-state index contributed by atoms with van der Waals surface area (Å²) < 4.78 is 106. The van der Waals surface area contributed by atoms with Gasteiger partial charge >= 0.3 is 18.7 Å². The van der Waals surface area contributed by atoms with Crippen molar-refractivity contribution in [1.82, 2.24) is 0 Å². The van der Waals surface area contributed by atoms with E-state index in [4.69, 9.17) is 4.74 Å². The standard InChI is InChI=1S/C20H19F6NO5S/c1-13(2)12-30-18(28)11-27-33(29,16-7-3-5-14(9-16)31-19(21,22)23)17-8-4-6-15(10-17)32-20(24,25)26/h3-10,13H,11-12H2,1-2H3. The number of hydrogen-bond donors (Lipinski definition) is 0. The number of esters is 1. The molecule has 0 aliphatic heterocycles. The molecule has 0 saturated carbocycles. The van der Waals surface area contributed by atoms with E-state index >= 15 is 0 Å². The normalized spacial score (nSPS) is 12.4. The van der Waals surface area contributed by atoms with Crippen LogP contribution in [0.25, 0.3) is 0 Å². The van der Waals surface area contributed by atoms with Crippen LogP contribution in [0.3, 0.4) is 0 Å². The van der Waals surface area contributed by atoms with E-state index in [1.54, 1.807) is 13.8 Å². The van der Waals surface area contributed by atoms with Crippen LogP contribution in [0, 0.1) is 5.92 Å². The monoisotopic (exact) mass is 499 g/mol. The van der Waals surface area contributed by atoms with E-state index in [2.05, 4.69) is 13.8 Å². The van der Waals surface area contributed by atoms with Crippen LogP contribution in [0.1, 0.15) is 13.8 Å². The van der Waals surface area contributed by atoms with Crippen molar-refractivity contribution < 1.29 is 49.6 Å². The molecule has 33 heavy (non-hydrogen) atoms. The van der Waals surface area contributed by atoms with E-state index in [-0.39, 0.29) is 22.3 Å². The summed E-state index contributed by atoms with van der Waals surface area (Å²) in [4.78, 5) is 11.3. The van der Waals surface area contributed by atoms with Crippen LogP contribution in [0.5, 0.6) is 11.5 Å². The van der Waals surface area contributed by atoms with Crippen molar-refractivity contribution >= 4 is 15.7 Å². The summed E-state index contributed by atoms with van der Waals surface area (Å²) in [6.45, 7) is 2.82. The predicted molar refractivity (Wildman–Crippen MR) is 104 cm³/mol. The zero-order valence-corrected chi connectivity index (χ0v) is 18.1. The third-order valence-electron chi connectivity index (χ3n) is 3.67. The van der Waals surface area contributed by atoms with Gasteiger partial charge in [-0.3, -0.25) is 4.79 Å². The van der Waals surface area contributed by atoms with Gasteiger partial charge in [0.05, 0.1) is 16.4 Å². The average Bonchev–Trinajstić information content (AvgIpc) is 2.68. The number of benzene rings is 2. The third-order valence-corrected chi connectivity index (χ3v) is 5.95. The molecule has 182 valence electrons. The Morgan fingerprint density at radius 3 is 1.76 bits per heavy atom. The van der Waals surface area contributed by atoms with Crippen molar-refractivity contribution in [3.05, 3.63) is 48.5 Å². The minimum atomic E-state index is -5.04. The Morgan fingerprint density at radius 2 is 1.36 bits per heavy atom. The summed E-state index contributed by atoms with van der Waals surface area (Å²) in [5.74, 6) is -2.34. The second kappa shape index (κ2) is 10.3. The fourth-order valence-electron chi connectivity index (χ4n) is 2.42. The van der Waals surface area contributed by atoms with Gasteiger partial charge in [-0.25, -0.2) is 8.57 Å². The van der Waals surface area contributed by atoms with Gasteiger partial charge in [0.2, 0.25) is 0 Å². The lowest BCUT2D eigenvalue weighted by molar-refractivity contribution is -0.275. The lowest BCUT2D eigenvalue weighted by Crippen LogP contribution is -2.18. The predicted octanol–water partition coefficient (Wildman–Crippen LogP) is 5.57. The van der Waals surface area contributed by atoms with Gasteiger partial charge in [0.15, 0.2) is 0 Å². The Kier molecular flexibility index (Phi) is 8.22. The van der Waals surface area contributed by atoms with Crippen molar-refractivity contribution in [2.75, 3.05) is 13.2 Å². The first-order chi connectivity index (χ1) is 15.2. The summed E-state index contributed by atoms with van der Waals surface area (Å²) in [7, 11) is -3.91. The number of hydrogen-bond acceptors (Lipinski definition) is 6. The van der Waals surface area contributed by atoms with Gasteiger partial charge in [0.25, 0.3) is 0 Å². The molecular weight excluding hydrogens is 480 g/mol. The summed E-state index contributed by atoms with van der Waals surface area (Å²) in [6.07, 6.45) is -10.1. The SMILES string of the molecule is CC(C)COC(=O)CN=S(=O)(c1cccc(OC(F)(F)F)c1)c1cccc(OC(F)(F)F)c1. The molecule has 0 aromatic heterocycles. The molecule has 13 heteroatoms. The number of ether oxygens (including phenoxy) is 3. The second-order valence-corrected chi connectivity index (χ2v) is 9.19. The zero-order valence-electron chi connectivity index (χ0n) is 17.3. The van der Waals surface area contributed by atoms with E-state index in [1.165, 1.54) is 0 Å². The first-order valence-electron chi connectivity index (χ1n) is 9.28. The van der Waals surface area contributed by atoms with Crippen molar-refractivity contribution in [3.63, 3.8) is 0 Å². The first-order valence-corrected chi connectivity index (χ1v) is 10.8. The number of rotatable bonds is 8. The maximum atomic E-state index is 13.8. The lowest BCUT2D eigenvalue weighted by Gasteiger charge is -2.15. The van der Waals surface area contributed by atoms with Crippen LogP contribution in [-0.2, 0) is 19.3 Å². The van der Waals surface area contributed by atoms with Crippen molar-refractivity contribution in [2.24, 2.45) is 10.3 Å². The van der Waals surface area contributed by atoms with Gasteiger partial charge in [-0.1, -0.05) is 26.0 Å².